The molecule has 6 heteroatoms. The molecule has 3 rings (SSSR count). The van der Waals surface area contributed by atoms with Crippen LogP contribution in [0, 0.1) is 0 Å². The molecule has 0 spiro atoms. The van der Waals surface area contributed by atoms with E-state index in [2.05, 4.69) is 15.5 Å². The number of benzene rings is 1. The van der Waals surface area contributed by atoms with E-state index in [0.29, 0.717) is 6.04 Å². The lowest BCUT2D eigenvalue weighted by atomic mass is 10.3. The molecule has 0 atom stereocenters. The lowest BCUT2D eigenvalue weighted by Gasteiger charge is -2.10. The van der Waals surface area contributed by atoms with E-state index < -0.39 is 0 Å². The molecule has 1 saturated carbocycles. The van der Waals surface area contributed by atoms with Crippen LogP contribution in [-0.4, -0.2) is 32.6 Å². The van der Waals surface area contributed by atoms with Crippen molar-refractivity contribution in [2.24, 2.45) is 0 Å². The highest BCUT2D eigenvalue weighted by atomic mass is 32.2. The lowest BCUT2D eigenvalue weighted by Crippen LogP contribution is -2.08. The van der Waals surface area contributed by atoms with Crippen molar-refractivity contribution < 1.29 is 4.74 Å². The van der Waals surface area contributed by atoms with Gasteiger partial charge in [-0.05, 0) is 41.8 Å². The maximum absolute atomic E-state index is 5.68. The van der Waals surface area contributed by atoms with Crippen LogP contribution in [0.5, 0.6) is 5.75 Å². The third kappa shape index (κ3) is 3.97. The Labute approximate surface area is 129 Å². The van der Waals surface area contributed by atoms with Crippen LogP contribution in [0.25, 0.3) is 0 Å². The predicted molar refractivity (Wildman–Crippen MR) is 82.6 cm³/mol. The van der Waals surface area contributed by atoms with Crippen molar-refractivity contribution in [1.82, 2.24) is 20.2 Å². The van der Waals surface area contributed by atoms with Gasteiger partial charge >= 0.3 is 0 Å². The Morgan fingerprint density at radius 3 is 2.81 bits per heavy atom. The average Bonchev–Trinajstić information content (AvgIpc) is 3.19. The second-order valence-corrected chi connectivity index (χ2v) is 6.27. The van der Waals surface area contributed by atoms with Gasteiger partial charge in [-0.2, -0.15) is 0 Å². The Kier molecular flexibility index (Phi) is 5.10. The number of ether oxygens (including phenoxy) is 1. The topological polar surface area (TPSA) is 52.8 Å². The van der Waals surface area contributed by atoms with Gasteiger partial charge in [0.2, 0.25) is 5.16 Å². The van der Waals surface area contributed by atoms with Crippen molar-refractivity contribution in [3.8, 4) is 5.75 Å². The highest BCUT2D eigenvalue weighted by Gasteiger charge is 2.21. The molecule has 1 fully saturated rings. The minimum Gasteiger partial charge on any atom is -0.494 e. The maximum Gasteiger partial charge on any atom is 0.209 e. The third-order valence-corrected chi connectivity index (χ3v) is 4.68. The van der Waals surface area contributed by atoms with Crippen molar-refractivity contribution in [3.05, 3.63) is 30.3 Å². The maximum atomic E-state index is 5.68. The molecule has 0 saturated heterocycles. The summed E-state index contributed by atoms with van der Waals surface area (Å²) in [5.74, 6) is 1.90. The van der Waals surface area contributed by atoms with Gasteiger partial charge in [0.15, 0.2) is 0 Å². The fourth-order valence-corrected chi connectivity index (χ4v) is 3.44. The summed E-state index contributed by atoms with van der Waals surface area (Å²) in [6.45, 7) is 0.724. The van der Waals surface area contributed by atoms with Gasteiger partial charge < -0.3 is 4.74 Å². The fraction of sp³-hybridized carbons (Fsp3) is 0.533. The van der Waals surface area contributed by atoms with E-state index in [9.17, 15) is 0 Å². The normalized spacial score (nSPS) is 15.4. The molecule has 0 amide bonds. The summed E-state index contributed by atoms with van der Waals surface area (Å²) >= 11 is 1.72. The Hall–Kier alpha value is -1.56. The molecule has 1 aromatic carbocycles. The molecule has 1 aliphatic rings. The second kappa shape index (κ2) is 7.45. The summed E-state index contributed by atoms with van der Waals surface area (Å²) < 4.78 is 7.69. The number of rotatable bonds is 7. The minimum atomic E-state index is 0.503. The number of hydrogen-bond acceptors (Lipinski definition) is 5. The molecule has 0 unspecified atom stereocenters. The van der Waals surface area contributed by atoms with Gasteiger partial charge in [-0.3, -0.25) is 0 Å². The molecule has 0 radical (unpaired) electrons. The smallest absolute Gasteiger partial charge is 0.209 e. The number of aromatic nitrogens is 4. The molecule has 1 heterocycles. The lowest BCUT2D eigenvalue weighted by molar-refractivity contribution is 0.318. The van der Waals surface area contributed by atoms with E-state index in [0.717, 1.165) is 29.7 Å². The second-order valence-electron chi connectivity index (χ2n) is 5.21. The summed E-state index contributed by atoms with van der Waals surface area (Å²) in [4.78, 5) is 0. The Morgan fingerprint density at radius 2 is 2.00 bits per heavy atom. The van der Waals surface area contributed by atoms with Crippen LogP contribution in [0.1, 0.15) is 38.1 Å². The summed E-state index contributed by atoms with van der Waals surface area (Å²) in [6, 6.07) is 10.4. The molecule has 1 aliphatic carbocycles. The zero-order chi connectivity index (χ0) is 14.3. The molecule has 1 aromatic heterocycles. The van der Waals surface area contributed by atoms with Crippen LogP contribution in [0.4, 0.5) is 0 Å². The molecule has 0 bridgehead atoms. The highest BCUT2D eigenvalue weighted by Crippen LogP contribution is 2.31. The van der Waals surface area contributed by atoms with E-state index in [4.69, 9.17) is 4.74 Å². The van der Waals surface area contributed by atoms with Crippen molar-refractivity contribution in [2.45, 2.75) is 43.3 Å². The van der Waals surface area contributed by atoms with Gasteiger partial charge in [0.05, 0.1) is 12.6 Å². The van der Waals surface area contributed by atoms with Gasteiger partial charge in [0.25, 0.3) is 0 Å². The Balaban J connectivity index is 1.40. The van der Waals surface area contributed by atoms with E-state index >= 15 is 0 Å². The SMILES string of the molecule is c1ccc(OCCCSc2nnnn2C2CCCC2)cc1. The van der Waals surface area contributed by atoms with Crippen LogP contribution >= 0.6 is 11.8 Å². The average molecular weight is 304 g/mol. The first-order valence-electron chi connectivity index (χ1n) is 7.52. The highest BCUT2D eigenvalue weighted by molar-refractivity contribution is 7.99. The largest absolute Gasteiger partial charge is 0.494 e. The number of thioether (sulfide) groups is 1. The van der Waals surface area contributed by atoms with Crippen molar-refractivity contribution in [3.63, 3.8) is 0 Å². The summed E-state index contributed by atoms with van der Waals surface area (Å²) in [7, 11) is 0. The third-order valence-electron chi connectivity index (χ3n) is 3.66. The molecule has 21 heavy (non-hydrogen) atoms. The van der Waals surface area contributed by atoms with Crippen molar-refractivity contribution in [1.29, 1.82) is 0 Å². The van der Waals surface area contributed by atoms with Gasteiger partial charge in [-0.15, -0.1) is 5.10 Å². The number of nitrogens with zero attached hydrogens (tertiary/aromatic N) is 4. The first kappa shape index (κ1) is 14.4. The van der Waals surface area contributed by atoms with Gasteiger partial charge in [0.1, 0.15) is 5.75 Å². The first-order chi connectivity index (χ1) is 10.4. The van der Waals surface area contributed by atoms with Gasteiger partial charge in [0, 0.05) is 5.75 Å². The monoisotopic (exact) mass is 304 g/mol. The number of para-hydroxylation sites is 1. The van der Waals surface area contributed by atoms with E-state index in [-0.39, 0.29) is 0 Å². The fourth-order valence-electron chi connectivity index (χ4n) is 2.59. The minimum absolute atomic E-state index is 0.503. The van der Waals surface area contributed by atoms with Crippen LogP contribution in [0.15, 0.2) is 35.5 Å². The number of tetrazole rings is 1. The van der Waals surface area contributed by atoms with Gasteiger partial charge in [-0.25, -0.2) is 4.68 Å². The standard InChI is InChI=1S/C15H20N4OS/c1-2-9-14(10-3-1)20-11-6-12-21-15-16-17-18-19(15)13-7-4-5-8-13/h1-3,9-10,13H,4-8,11-12H2. The quantitative estimate of drug-likeness (QED) is 0.580. The zero-order valence-corrected chi connectivity index (χ0v) is 12.8. The van der Waals surface area contributed by atoms with E-state index in [1.807, 2.05) is 35.0 Å². The molecular formula is C15H20N4OS. The predicted octanol–water partition coefficient (Wildman–Crippen LogP) is 3.35. The van der Waals surface area contributed by atoms with Crippen LogP contribution in [0.2, 0.25) is 0 Å². The molecule has 5 nitrogen and oxygen atoms in total. The van der Waals surface area contributed by atoms with Crippen molar-refractivity contribution >= 4 is 11.8 Å². The molecular weight excluding hydrogens is 284 g/mol. The molecule has 112 valence electrons. The van der Waals surface area contributed by atoms with Crippen LogP contribution in [-0.2, 0) is 0 Å². The Bertz CT molecular complexity index is 540. The first-order valence-corrected chi connectivity index (χ1v) is 8.50. The summed E-state index contributed by atoms with van der Waals surface area (Å²) in [5.41, 5.74) is 0. The molecule has 0 N–H and O–H groups in total. The van der Waals surface area contributed by atoms with Crippen LogP contribution < -0.4 is 4.74 Å². The molecule has 2 aromatic rings. The summed E-state index contributed by atoms with van der Waals surface area (Å²) in [6.07, 6.45) is 5.97. The van der Waals surface area contributed by atoms with E-state index in [1.54, 1.807) is 11.8 Å². The summed E-state index contributed by atoms with van der Waals surface area (Å²) in [5, 5.41) is 13.1. The van der Waals surface area contributed by atoms with Crippen molar-refractivity contribution in [2.75, 3.05) is 12.4 Å². The van der Waals surface area contributed by atoms with Gasteiger partial charge in [-0.1, -0.05) is 42.8 Å². The zero-order valence-electron chi connectivity index (χ0n) is 12.0. The Morgan fingerprint density at radius 1 is 1.19 bits per heavy atom. The van der Waals surface area contributed by atoms with Crippen LogP contribution in [0.3, 0.4) is 0 Å². The molecule has 0 aliphatic heterocycles. The van der Waals surface area contributed by atoms with E-state index in [1.165, 1.54) is 25.7 Å². The number of hydrogen-bond donors (Lipinski definition) is 0.